The van der Waals surface area contributed by atoms with Gasteiger partial charge >= 0.3 is 155 Å². The van der Waals surface area contributed by atoms with Crippen molar-refractivity contribution in [3.63, 3.8) is 0 Å². The minimum absolute atomic E-state index is 0.0177. The summed E-state index contributed by atoms with van der Waals surface area (Å²) in [5.74, 6) is 0.411. The summed E-state index contributed by atoms with van der Waals surface area (Å²) in [6.07, 6.45) is 8.85. The molecule has 0 saturated carbocycles. The van der Waals surface area contributed by atoms with Crippen molar-refractivity contribution in [2.75, 3.05) is 0 Å². The van der Waals surface area contributed by atoms with Crippen molar-refractivity contribution in [3.05, 3.63) is 35.9 Å². The minimum atomic E-state index is -2.52. The normalized spacial score (nSPS) is 14.5. The number of hydrogen-bond donors (Lipinski definition) is 1. The molecule has 1 unspecified atom stereocenters. The Morgan fingerprint density at radius 3 is 1.71 bits per heavy atom. The molecule has 0 saturated heterocycles. The molecule has 0 bridgehead atoms. The van der Waals surface area contributed by atoms with Gasteiger partial charge in [-0.25, -0.2) is 0 Å². The van der Waals surface area contributed by atoms with Gasteiger partial charge in [-0.3, -0.25) is 0 Å². The van der Waals surface area contributed by atoms with E-state index in [4.69, 9.17) is 0 Å². The Kier molecular flexibility index (Phi) is 11.3. The topological polar surface area (TPSA) is 20.2 Å². The van der Waals surface area contributed by atoms with E-state index in [1.165, 1.54) is 57.4 Å². The predicted octanol–water partition coefficient (Wildman–Crippen LogP) is 6.61. The molecule has 0 aromatic heterocycles. The van der Waals surface area contributed by atoms with E-state index in [0.717, 1.165) is 6.42 Å². The standard InChI is InChI=1S/C10H13O.3C4H9.Sn/c1-9(8-11)7-10-5-3-2-4-6-10;3*1-3-4-2;/h2-6,8-9,11H,7H2,1H3;3*1,3-4H2,2H3;/t9-;;;;/m1..../s1. The van der Waals surface area contributed by atoms with Gasteiger partial charge in [0.1, 0.15) is 0 Å². The second-order valence-corrected chi connectivity index (χ2v) is 21.5. The fourth-order valence-electron chi connectivity index (χ4n) is 4.11. The van der Waals surface area contributed by atoms with Crippen LogP contribution in [0.1, 0.15) is 71.8 Å². The second-order valence-electron chi connectivity index (χ2n) is 7.78. The van der Waals surface area contributed by atoms with Crippen LogP contribution in [0.4, 0.5) is 0 Å². The third-order valence-corrected chi connectivity index (χ3v) is 22.4. The number of rotatable bonds is 13. The van der Waals surface area contributed by atoms with E-state index in [1.807, 2.05) is 0 Å². The van der Waals surface area contributed by atoms with E-state index in [0.29, 0.717) is 5.92 Å². The van der Waals surface area contributed by atoms with E-state index < -0.39 is 18.4 Å². The summed E-state index contributed by atoms with van der Waals surface area (Å²) in [7, 11) is 0. The number of aliphatic hydroxyl groups is 1. The number of unbranched alkanes of at least 4 members (excludes halogenated alkanes) is 3. The molecule has 1 N–H and O–H groups in total. The molecule has 0 radical (unpaired) electrons. The van der Waals surface area contributed by atoms with Crippen molar-refractivity contribution in [2.24, 2.45) is 5.92 Å². The molecule has 0 spiro atoms. The molecule has 0 aliphatic rings. The van der Waals surface area contributed by atoms with Crippen molar-refractivity contribution >= 4 is 18.4 Å². The van der Waals surface area contributed by atoms with Crippen molar-refractivity contribution in [1.29, 1.82) is 0 Å². The van der Waals surface area contributed by atoms with Gasteiger partial charge in [0, 0.05) is 0 Å². The van der Waals surface area contributed by atoms with Gasteiger partial charge in [0.05, 0.1) is 0 Å². The Bertz CT molecular complexity index is 395. The molecule has 1 aromatic carbocycles. The van der Waals surface area contributed by atoms with Crippen LogP contribution in [0.5, 0.6) is 0 Å². The van der Waals surface area contributed by atoms with Gasteiger partial charge in [-0.05, 0) is 0 Å². The zero-order chi connectivity index (χ0) is 17.8. The van der Waals surface area contributed by atoms with Crippen LogP contribution in [-0.4, -0.2) is 27.6 Å². The average Bonchev–Trinajstić information content (AvgIpc) is 2.61. The van der Waals surface area contributed by atoms with Crippen LogP contribution in [-0.2, 0) is 6.42 Å². The van der Waals surface area contributed by atoms with E-state index >= 15 is 0 Å². The molecule has 24 heavy (non-hydrogen) atoms. The third kappa shape index (κ3) is 7.07. The first-order valence-corrected chi connectivity index (χ1v) is 18.0. The van der Waals surface area contributed by atoms with E-state index in [2.05, 4.69) is 58.0 Å². The summed E-state index contributed by atoms with van der Waals surface area (Å²) in [5.41, 5.74) is 1.38. The van der Waals surface area contributed by atoms with Gasteiger partial charge in [-0.1, -0.05) is 0 Å². The van der Waals surface area contributed by atoms with Gasteiger partial charge in [0.25, 0.3) is 0 Å². The second kappa shape index (κ2) is 12.4. The van der Waals surface area contributed by atoms with Crippen LogP contribution in [0.15, 0.2) is 30.3 Å². The molecule has 0 fully saturated rings. The van der Waals surface area contributed by atoms with Crippen molar-refractivity contribution in [3.8, 4) is 0 Å². The fourth-order valence-corrected chi connectivity index (χ4v) is 21.6. The van der Waals surface area contributed by atoms with Gasteiger partial charge in [-0.2, -0.15) is 0 Å². The molecule has 2 heteroatoms. The zero-order valence-corrected chi connectivity index (χ0v) is 19.4. The Labute approximate surface area is 155 Å². The molecular formula is C22H40OSn. The molecule has 138 valence electrons. The summed E-state index contributed by atoms with van der Waals surface area (Å²) < 4.78 is 4.20. The van der Waals surface area contributed by atoms with Crippen LogP contribution >= 0.6 is 0 Å². The monoisotopic (exact) mass is 440 g/mol. The molecule has 0 aliphatic heterocycles. The number of aliphatic hydroxyl groups excluding tert-OH is 1. The maximum atomic E-state index is 11.5. The molecule has 0 amide bonds. The first kappa shape index (κ1) is 22.0. The summed E-state index contributed by atoms with van der Waals surface area (Å²) in [4.78, 5) is 0. The average molecular weight is 439 g/mol. The number of hydrogen-bond acceptors (Lipinski definition) is 1. The third-order valence-electron chi connectivity index (χ3n) is 5.65. The molecule has 0 heterocycles. The summed E-state index contributed by atoms with van der Waals surface area (Å²) in [6.45, 7) is 9.20. The molecule has 1 nitrogen and oxygen atoms in total. The Morgan fingerprint density at radius 1 is 0.833 bits per heavy atom. The molecular weight excluding hydrogens is 399 g/mol. The summed E-state index contributed by atoms with van der Waals surface area (Å²) in [6, 6.07) is 10.7. The van der Waals surface area contributed by atoms with Crippen LogP contribution in [0.3, 0.4) is 0 Å². The zero-order valence-electron chi connectivity index (χ0n) is 16.6. The van der Waals surface area contributed by atoms with Crippen LogP contribution in [0.2, 0.25) is 13.3 Å². The Balaban J connectivity index is 2.90. The van der Waals surface area contributed by atoms with Crippen LogP contribution in [0.25, 0.3) is 0 Å². The van der Waals surface area contributed by atoms with Crippen LogP contribution < -0.4 is 0 Å². The van der Waals surface area contributed by atoms with Crippen molar-refractivity contribution in [2.45, 2.75) is 90.1 Å². The Morgan fingerprint density at radius 2 is 1.29 bits per heavy atom. The Hall–Kier alpha value is -0.0213. The number of benzene rings is 1. The molecule has 0 aliphatic carbocycles. The molecule has 1 aromatic rings. The van der Waals surface area contributed by atoms with Gasteiger partial charge in [-0.15, -0.1) is 0 Å². The maximum absolute atomic E-state index is 11.5. The van der Waals surface area contributed by atoms with Gasteiger partial charge in [0.15, 0.2) is 0 Å². The first-order chi connectivity index (χ1) is 11.6. The molecule has 2 atom stereocenters. The van der Waals surface area contributed by atoms with Crippen LogP contribution in [0, 0.1) is 5.92 Å². The quantitative estimate of drug-likeness (QED) is 0.343. The fraction of sp³-hybridized carbons (Fsp3) is 0.727. The van der Waals surface area contributed by atoms with Gasteiger partial charge in [0.2, 0.25) is 0 Å². The first-order valence-electron chi connectivity index (χ1n) is 10.3. The SMILES string of the molecule is CCC[CH2][Sn]([CH2]CCC)([CH2]CCC)[CH](O)[C@H](C)Cc1ccccc1. The van der Waals surface area contributed by atoms with E-state index in [1.54, 1.807) is 0 Å². The summed E-state index contributed by atoms with van der Waals surface area (Å²) >= 11 is -2.52. The summed E-state index contributed by atoms with van der Waals surface area (Å²) in [5, 5.41) is 11.5. The molecule has 1 rings (SSSR count). The van der Waals surface area contributed by atoms with E-state index in [-0.39, 0.29) is 4.12 Å². The van der Waals surface area contributed by atoms with E-state index in [9.17, 15) is 5.11 Å². The van der Waals surface area contributed by atoms with Gasteiger partial charge < -0.3 is 0 Å². The predicted molar refractivity (Wildman–Crippen MR) is 110 cm³/mol. The van der Waals surface area contributed by atoms with Crippen molar-refractivity contribution < 1.29 is 5.11 Å². The van der Waals surface area contributed by atoms with Crippen molar-refractivity contribution in [1.82, 2.24) is 0 Å².